The van der Waals surface area contributed by atoms with Crippen LogP contribution in [0.4, 0.5) is 0 Å². The van der Waals surface area contributed by atoms with Crippen molar-refractivity contribution in [1.29, 1.82) is 0 Å². The summed E-state index contributed by atoms with van der Waals surface area (Å²) < 4.78 is 7.35. The zero-order valence-electron chi connectivity index (χ0n) is 12.1. The molecular formula is C15H19N3O2S. The molecule has 3 rings (SSSR count). The minimum Gasteiger partial charge on any atom is -0.378 e. The third-order valence-corrected chi connectivity index (χ3v) is 4.21. The second-order valence-electron chi connectivity index (χ2n) is 5.03. The molecule has 0 radical (unpaired) electrons. The second-order valence-corrected chi connectivity index (χ2v) is 5.90. The molecule has 0 N–H and O–H groups in total. The number of hydrogen-bond donors (Lipinski definition) is 0. The molecule has 0 aliphatic carbocycles. The first kappa shape index (κ1) is 14.4. The number of para-hydroxylation sites is 2. The molecule has 0 spiro atoms. The van der Waals surface area contributed by atoms with E-state index < -0.39 is 0 Å². The summed E-state index contributed by atoms with van der Waals surface area (Å²) in [7, 11) is 0. The molecule has 0 saturated carbocycles. The predicted molar refractivity (Wildman–Crippen MR) is 84.4 cm³/mol. The first-order chi connectivity index (χ1) is 10.3. The van der Waals surface area contributed by atoms with E-state index in [1.807, 2.05) is 40.0 Å². The van der Waals surface area contributed by atoms with Gasteiger partial charge in [-0.05, 0) is 18.4 Å². The van der Waals surface area contributed by atoms with Crippen molar-refractivity contribution in [3.05, 3.63) is 30.1 Å². The van der Waals surface area contributed by atoms with Gasteiger partial charge in [0, 0.05) is 13.1 Å². The molecule has 1 amide bonds. The molecule has 0 atom stereocenters. The predicted octanol–water partition coefficient (Wildman–Crippen LogP) is 1.76. The third kappa shape index (κ3) is 3.06. The largest absolute Gasteiger partial charge is 0.378 e. The topological polar surface area (TPSA) is 47.4 Å². The fourth-order valence-corrected chi connectivity index (χ4v) is 3.07. The molecule has 1 fully saturated rings. The maximum absolute atomic E-state index is 12.5. The summed E-state index contributed by atoms with van der Waals surface area (Å²) in [5.41, 5.74) is 1.99. The maximum atomic E-state index is 12.5. The summed E-state index contributed by atoms with van der Waals surface area (Å²) in [5.74, 6) is 1.92. The quantitative estimate of drug-likeness (QED) is 0.863. The normalized spacial score (nSPS) is 15.6. The number of fused-ring (bicyclic) bond motifs is 1. The number of nitrogens with zero attached hydrogens (tertiary/aromatic N) is 3. The van der Waals surface area contributed by atoms with Crippen molar-refractivity contribution in [2.24, 2.45) is 0 Å². The number of hydrogen-bond acceptors (Lipinski definition) is 4. The van der Waals surface area contributed by atoms with Gasteiger partial charge in [0.2, 0.25) is 5.91 Å². The van der Waals surface area contributed by atoms with Crippen LogP contribution in [0.15, 0.2) is 24.3 Å². The van der Waals surface area contributed by atoms with E-state index in [2.05, 4.69) is 4.98 Å². The van der Waals surface area contributed by atoms with E-state index in [1.54, 1.807) is 11.8 Å². The Morgan fingerprint density at radius 3 is 2.86 bits per heavy atom. The zero-order chi connectivity index (χ0) is 14.7. The van der Waals surface area contributed by atoms with Crippen molar-refractivity contribution in [2.75, 3.05) is 32.6 Å². The molecular weight excluding hydrogens is 286 g/mol. The third-order valence-electron chi connectivity index (χ3n) is 3.66. The van der Waals surface area contributed by atoms with E-state index in [0.29, 0.717) is 32.8 Å². The first-order valence-corrected chi connectivity index (χ1v) is 8.47. The fourth-order valence-electron chi connectivity index (χ4n) is 2.59. The van der Waals surface area contributed by atoms with Crippen LogP contribution in [0.3, 0.4) is 0 Å². The van der Waals surface area contributed by atoms with E-state index in [0.717, 1.165) is 22.6 Å². The number of morpholine rings is 1. The minimum atomic E-state index is 0.142. The van der Waals surface area contributed by atoms with Gasteiger partial charge >= 0.3 is 0 Å². The van der Waals surface area contributed by atoms with Crippen LogP contribution in [-0.2, 0) is 21.8 Å². The molecule has 112 valence electrons. The number of carbonyl (C=O) groups excluding carboxylic acids is 1. The lowest BCUT2D eigenvalue weighted by Gasteiger charge is -2.27. The summed E-state index contributed by atoms with van der Waals surface area (Å²) in [6, 6.07) is 7.99. The van der Waals surface area contributed by atoms with E-state index >= 15 is 0 Å². The van der Waals surface area contributed by atoms with Gasteiger partial charge in [-0.15, -0.1) is 0 Å². The van der Waals surface area contributed by atoms with Crippen molar-refractivity contribution in [1.82, 2.24) is 14.5 Å². The molecule has 1 aromatic heterocycles. The number of carbonyl (C=O) groups is 1. The number of ether oxygens (including phenoxy) is 1. The Morgan fingerprint density at radius 1 is 1.33 bits per heavy atom. The molecule has 1 aliphatic rings. The van der Waals surface area contributed by atoms with Crippen molar-refractivity contribution in [3.63, 3.8) is 0 Å². The zero-order valence-corrected chi connectivity index (χ0v) is 12.9. The smallest absolute Gasteiger partial charge is 0.242 e. The average molecular weight is 305 g/mol. The molecule has 5 nitrogen and oxygen atoms in total. The highest BCUT2D eigenvalue weighted by atomic mass is 32.2. The van der Waals surface area contributed by atoms with Gasteiger partial charge in [-0.25, -0.2) is 4.98 Å². The van der Waals surface area contributed by atoms with E-state index in [-0.39, 0.29) is 5.91 Å². The average Bonchev–Trinajstić information content (AvgIpc) is 2.86. The van der Waals surface area contributed by atoms with Crippen LogP contribution in [0.2, 0.25) is 0 Å². The van der Waals surface area contributed by atoms with Crippen LogP contribution >= 0.6 is 11.8 Å². The van der Waals surface area contributed by atoms with Gasteiger partial charge in [-0.2, -0.15) is 11.8 Å². The Balaban J connectivity index is 1.87. The van der Waals surface area contributed by atoms with Crippen LogP contribution in [-0.4, -0.2) is 52.9 Å². The van der Waals surface area contributed by atoms with Gasteiger partial charge in [-0.3, -0.25) is 4.79 Å². The lowest BCUT2D eigenvalue weighted by molar-refractivity contribution is -0.135. The number of aromatic nitrogens is 2. The summed E-state index contributed by atoms with van der Waals surface area (Å²) in [6.45, 7) is 2.99. The van der Waals surface area contributed by atoms with E-state index in [4.69, 9.17) is 4.74 Å². The Kier molecular flexibility index (Phi) is 4.45. The number of amides is 1. The van der Waals surface area contributed by atoms with Crippen LogP contribution < -0.4 is 0 Å². The first-order valence-electron chi connectivity index (χ1n) is 7.08. The summed E-state index contributed by atoms with van der Waals surface area (Å²) >= 11 is 1.72. The number of imidazole rings is 1. The van der Waals surface area contributed by atoms with Gasteiger partial charge < -0.3 is 14.2 Å². The highest BCUT2D eigenvalue weighted by Gasteiger charge is 2.19. The van der Waals surface area contributed by atoms with Crippen LogP contribution in [0.5, 0.6) is 0 Å². The lowest BCUT2D eigenvalue weighted by atomic mass is 10.3. The van der Waals surface area contributed by atoms with Gasteiger partial charge in [0.15, 0.2) is 0 Å². The van der Waals surface area contributed by atoms with Crippen molar-refractivity contribution >= 4 is 28.7 Å². The fraction of sp³-hybridized carbons (Fsp3) is 0.467. The lowest BCUT2D eigenvalue weighted by Crippen LogP contribution is -2.42. The number of rotatable bonds is 4. The monoisotopic (exact) mass is 305 g/mol. The molecule has 1 aliphatic heterocycles. The van der Waals surface area contributed by atoms with Crippen LogP contribution in [0.25, 0.3) is 11.0 Å². The molecule has 0 bridgehead atoms. The Hall–Kier alpha value is -1.53. The Bertz CT molecular complexity index is 635. The summed E-state index contributed by atoms with van der Waals surface area (Å²) in [6.07, 6.45) is 2.05. The summed E-state index contributed by atoms with van der Waals surface area (Å²) in [4.78, 5) is 19.0. The molecule has 0 unspecified atom stereocenters. The van der Waals surface area contributed by atoms with Crippen LogP contribution in [0, 0.1) is 0 Å². The van der Waals surface area contributed by atoms with Crippen molar-refractivity contribution in [2.45, 2.75) is 12.3 Å². The Labute approximate surface area is 128 Å². The molecule has 6 heteroatoms. The number of thioether (sulfide) groups is 1. The van der Waals surface area contributed by atoms with E-state index in [9.17, 15) is 4.79 Å². The molecule has 21 heavy (non-hydrogen) atoms. The second kappa shape index (κ2) is 6.49. The van der Waals surface area contributed by atoms with Gasteiger partial charge in [0.05, 0.1) is 30.0 Å². The van der Waals surface area contributed by atoms with Crippen molar-refractivity contribution < 1.29 is 9.53 Å². The maximum Gasteiger partial charge on any atom is 0.242 e. The molecule has 1 saturated heterocycles. The SMILES string of the molecule is CSCc1nc2ccccc2n1CC(=O)N1CCOCC1. The molecule has 2 heterocycles. The highest BCUT2D eigenvalue weighted by Crippen LogP contribution is 2.19. The molecule has 1 aromatic carbocycles. The summed E-state index contributed by atoms with van der Waals surface area (Å²) in [5, 5.41) is 0. The van der Waals surface area contributed by atoms with Gasteiger partial charge in [0.25, 0.3) is 0 Å². The van der Waals surface area contributed by atoms with Gasteiger partial charge in [0.1, 0.15) is 12.4 Å². The highest BCUT2D eigenvalue weighted by molar-refractivity contribution is 7.97. The molecule has 2 aromatic rings. The van der Waals surface area contributed by atoms with Crippen molar-refractivity contribution in [3.8, 4) is 0 Å². The van der Waals surface area contributed by atoms with E-state index in [1.165, 1.54) is 0 Å². The Morgan fingerprint density at radius 2 is 2.10 bits per heavy atom. The van der Waals surface area contributed by atoms with Crippen LogP contribution in [0.1, 0.15) is 5.82 Å². The minimum absolute atomic E-state index is 0.142. The standard InChI is InChI=1S/C15H19N3O2S/c1-21-11-14-16-12-4-2-3-5-13(12)18(14)10-15(19)17-6-8-20-9-7-17/h2-5H,6-11H2,1H3. The van der Waals surface area contributed by atoms with Gasteiger partial charge in [-0.1, -0.05) is 12.1 Å². The number of benzene rings is 1.